The Balaban J connectivity index is 1.80. The average Bonchev–Trinajstić information content (AvgIpc) is 2.83. The van der Waals surface area contributed by atoms with Crippen LogP contribution in [0.15, 0.2) is 78.4 Å². The summed E-state index contributed by atoms with van der Waals surface area (Å²) in [5, 5.41) is 12.3. The van der Waals surface area contributed by atoms with Gasteiger partial charge in [-0.1, -0.05) is 48.5 Å². The number of hydrogen-bond donors (Lipinski definition) is 1. The van der Waals surface area contributed by atoms with Crippen molar-refractivity contribution in [3.8, 4) is 23.3 Å². The molecular formula is C26H24N2O4. The Hall–Kier alpha value is -4.24. The number of nitrogens with one attached hydrogen (secondary N) is 1. The van der Waals surface area contributed by atoms with Crippen LogP contribution in [-0.4, -0.2) is 19.6 Å². The van der Waals surface area contributed by atoms with Gasteiger partial charge < -0.3 is 19.5 Å². The van der Waals surface area contributed by atoms with Gasteiger partial charge in [0.2, 0.25) is 0 Å². The van der Waals surface area contributed by atoms with Gasteiger partial charge in [-0.15, -0.1) is 0 Å². The lowest BCUT2D eigenvalue weighted by molar-refractivity contribution is -0.112. The first-order valence-electron chi connectivity index (χ1n) is 10.1. The van der Waals surface area contributed by atoms with Crippen LogP contribution in [0.1, 0.15) is 18.1 Å². The summed E-state index contributed by atoms with van der Waals surface area (Å²) in [5.41, 5.74) is 2.11. The number of hydrogen-bond acceptors (Lipinski definition) is 5. The molecule has 1 amide bonds. The van der Waals surface area contributed by atoms with E-state index in [9.17, 15) is 10.1 Å². The van der Waals surface area contributed by atoms with Crippen molar-refractivity contribution in [2.75, 3.05) is 19.0 Å². The molecule has 1 N–H and O–H groups in total. The van der Waals surface area contributed by atoms with Crippen LogP contribution in [0.2, 0.25) is 0 Å². The van der Waals surface area contributed by atoms with Crippen LogP contribution in [-0.2, 0) is 11.4 Å². The van der Waals surface area contributed by atoms with Gasteiger partial charge in [0.15, 0.2) is 11.5 Å². The number of rotatable bonds is 9. The van der Waals surface area contributed by atoms with E-state index in [1.165, 1.54) is 6.08 Å². The fourth-order valence-corrected chi connectivity index (χ4v) is 2.99. The molecule has 6 heteroatoms. The van der Waals surface area contributed by atoms with Crippen molar-refractivity contribution in [3.63, 3.8) is 0 Å². The fraction of sp³-hybridized carbons (Fsp3) is 0.154. The Bertz CT molecular complexity index is 1130. The number of methoxy groups -OCH3 is 1. The maximum absolute atomic E-state index is 12.7. The zero-order chi connectivity index (χ0) is 22.8. The van der Waals surface area contributed by atoms with Crippen molar-refractivity contribution in [1.82, 2.24) is 0 Å². The van der Waals surface area contributed by atoms with Gasteiger partial charge in [-0.2, -0.15) is 5.26 Å². The number of benzene rings is 3. The van der Waals surface area contributed by atoms with Crippen LogP contribution in [0.5, 0.6) is 17.2 Å². The SMILES string of the molecule is CCOc1ccccc1NC(=O)/C(C#N)=C/c1ccc(OC)c(OCc2ccccc2)c1. The van der Waals surface area contributed by atoms with Crippen LogP contribution in [0.3, 0.4) is 0 Å². The van der Waals surface area contributed by atoms with Crippen LogP contribution < -0.4 is 19.5 Å². The Labute approximate surface area is 187 Å². The fourth-order valence-electron chi connectivity index (χ4n) is 2.99. The number of anilines is 1. The molecule has 0 saturated heterocycles. The predicted octanol–water partition coefficient (Wildman–Crippen LogP) is 5.22. The second kappa shape index (κ2) is 11.2. The highest BCUT2D eigenvalue weighted by molar-refractivity contribution is 6.10. The summed E-state index contributed by atoms with van der Waals surface area (Å²) >= 11 is 0. The number of carbonyl (C=O) groups excluding carboxylic acids is 1. The first-order chi connectivity index (χ1) is 15.6. The molecule has 0 heterocycles. The lowest BCUT2D eigenvalue weighted by atomic mass is 10.1. The minimum absolute atomic E-state index is 0.0459. The molecule has 0 unspecified atom stereocenters. The Kier molecular flexibility index (Phi) is 7.88. The zero-order valence-electron chi connectivity index (χ0n) is 18.0. The molecule has 3 rings (SSSR count). The second-order valence-electron chi connectivity index (χ2n) is 6.74. The molecule has 0 aliphatic carbocycles. The number of para-hydroxylation sites is 2. The summed E-state index contributed by atoms with van der Waals surface area (Å²) in [7, 11) is 1.56. The predicted molar refractivity (Wildman–Crippen MR) is 124 cm³/mol. The van der Waals surface area contributed by atoms with Gasteiger partial charge >= 0.3 is 0 Å². The van der Waals surface area contributed by atoms with Gasteiger partial charge in [0.25, 0.3) is 5.91 Å². The molecule has 0 radical (unpaired) electrons. The Morgan fingerprint density at radius 1 is 0.969 bits per heavy atom. The van der Waals surface area contributed by atoms with E-state index in [1.54, 1.807) is 43.5 Å². The van der Waals surface area contributed by atoms with Crippen LogP contribution in [0.25, 0.3) is 6.08 Å². The van der Waals surface area contributed by atoms with Crippen molar-refractivity contribution < 1.29 is 19.0 Å². The van der Waals surface area contributed by atoms with Crippen LogP contribution >= 0.6 is 0 Å². The molecule has 0 atom stereocenters. The van der Waals surface area contributed by atoms with Gasteiger partial charge in [-0.3, -0.25) is 4.79 Å². The highest BCUT2D eigenvalue weighted by Gasteiger charge is 2.13. The third kappa shape index (κ3) is 5.89. The summed E-state index contributed by atoms with van der Waals surface area (Å²) in [6.07, 6.45) is 1.51. The molecule has 3 aromatic carbocycles. The molecule has 162 valence electrons. The van der Waals surface area contributed by atoms with Crippen molar-refractivity contribution in [1.29, 1.82) is 5.26 Å². The third-order valence-corrected chi connectivity index (χ3v) is 4.54. The molecule has 0 aliphatic rings. The van der Waals surface area contributed by atoms with Crippen molar-refractivity contribution in [2.45, 2.75) is 13.5 Å². The zero-order valence-corrected chi connectivity index (χ0v) is 18.0. The largest absolute Gasteiger partial charge is 0.493 e. The van der Waals surface area contributed by atoms with Crippen molar-refractivity contribution in [2.24, 2.45) is 0 Å². The van der Waals surface area contributed by atoms with Crippen molar-refractivity contribution in [3.05, 3.63) is 89.5 Å². The molecule has 0 aromatic heterocycles. The van der Waals surface area contributed by atoms with E-state index in [2.05, 4.69) is 5.32 Å². The third-order valence-electron chi connectivity index (χ3n) is 4.54. The minimum Gasteiger partial charge on any atom is -0.493 e. The first-order valence-corrected chi connectivity index (χ1v) is 10.1. The molecule has 0 fully saturated rings. The summed E-state index contributed by atoms with van der Waals surface area (Å²) in [6.45, 7) is 2.69. The first kappa shape index (κ1) is 22.4. The van der Waals surface area contributed by atoms with E-state index in [-0.39, 0.29) is 5.57 Å². The summed E-state index contributed by atoms with van der Waals surface area (Å²) in [6, 6.07) is 24.0. The highest BCUT2D eigenvalue weighted by Crippen LogP contribution is 2.30. The number of carbonyl (C=O) groups is 1. The molecule has 0 spiro atoms. The van der Waals surface area contributed by atoms with Crippen LogP contribution in [0, 0.1) is 11.3 Å². The normalized spacial score (nSPS) is 10.7. The standard InChI is InChI=1S/C26H24N2O4/c1-3-31-23-12-8-7-11-22(23)28-26(29)21(17-27)15-20-13-14-24(30-2)25(16-20)32-18-19-9-5-4-6-10-19/h4-16H,3,18H2,1-2H3,(H,28,29)/b21-15+. The van der Waals surface area contributed by atoms with Gasteiger partial charge in [-0.05, 0) is 48.4 Å². The smallest absolute Gasteiger partial charge is 0.266 e. The molecule has 3 aromatic rings. The maximum Gasteiger partial charge on any atom is 0.266 e. The molecule has 0 aliphatic heterocycles. The van der Waals surface area contributed by atoms with Crippen LogP contribution in [0.4, 0.5) is 5.69 Å². The van der Waals surface area contributed by atoms with Gasteiger partial charge in [0.1, 0.15) is 24.0 Å². The lowest BCUT2D eigenvalue weighted by Gasteiger charge is -2.12. The number of ether oxygens (including phenoxy) is 3. The van der Waals surface area contributed by atoms with Crippen molar-refractivity contribution >= 4 is 17.7 Å². The number of amides is 1. The van der Waals surface area contributed by atoms with E-state index < -0.39 is 5.91 Å². The van der Waals surface area contributed by atoms with E-state index in [0.29, 0.717) is 41.7 Å². The van der Waals surface area contributed by atoms with E-state index >= 15 is 0 Å². The molecule has 32 heavy (non-hydrogen) atoms. The van der Waals surface area contributed by atoms with E-state index in [1.807, 2.05) is 49.4 Å². The van der Waals surface area contributed by atoms with E-state index in [4.69, 9.17) is 14.2 Å². The molecule has 6 nitrogen and oxygen atoms in total. The number of nitrogens with zero attached hydrogens (tertiary/aromatic N) is 1. The van der Waals surface area contributed by atoms with Gasteiger partial charge in [0.05, 0.1) is 19.4 Å². The van der Waals surface area contributed by atoms with Gasteiger partial charge in [0, 0.05) is 0 Å². The van der Waals surface area contributed by atoms with E-state index in [0.717, 1.165) is 5.56 Å². The Morgan fingerprint density at radius 3 is 2.44 bits per heavy atom. The summed E-state index contributed by atoms with van der Waals surface area (Å²) < 4.78 is 16.8. The topological polar surface area (TPSA) is 80.6 Å². The minimum atomic E-state index is -0.526. The molecular weight excluding hydrogens is 404 g/mol. The summed E-state index contributed by atoms with van der Waals surface area (Å²) in [5.74, 6) is 1.10. The molecule has 0 bridgehead atoms. The highest BCUT2D eigenvalue weighted by atomic mass is 16.5. The quantitative estimate of drug-likeness (QED) is 0.373. The average molecular weight is 428 g/mol. The maximum atomic E-state index is 12.7. The summed E-state index contributed by atoms with van der Waals surface area (Å²) in [4.78, 5) is 12.7. The Morgan fingerprint density at radius 2 is 1.72 bits per heavy atom. The van der Waals surface area contributed by atoms with Gasteiger partial charge in [-0.25, -0.2) is 0 Å². The number of nitriles is 1. The monoisotopic (exact) mass is 428 g/mol. The lowest BCUT2D eigenvalue weighted by Crippen LogP contribution is -2.14. The molecule has 0 saturated carbocycles. The second-order valence-corrected chi connectivity index (χ2v) is 6.74.